The van der Waals surface area contributed by atoms with Crippen LogP contribution in [0.4, 0.5) is 0 Å². The second-order valence-electron chi connectivity index (χ2n) is 0.738. The molecular formula is C2H3Cl2O2P. The molecule has 0 amide bonds. The van der Waals surface area contributed by atoms with Gasteiger partial charge >= 0.3 is 5.97 Å². The van der Waals surface area contributed by atoms with Crippen molar-refractivity contribution >= 4 is 38.6 Å². The number of halogens is 2. The molecule has 0 N–H and O–H groups in total. The Labute approximate surface area is 53.4 Å². The molecule has 0 aromatic rings. The number of alkyl halides is 2. The van der Waals surface area contributed by atoms with Crippen molar-refractivity contribution in [2.24, 2.45) is 0 Å². The molecule has 0 heterocycles. The molecule has 1 unspecified atom stereocenters. The molecule has 0 radical (unpaired) electrons. The molecule has 0 aliphatic rings. The maximum Gasteiger partial charge on any atom is 0.341 e. The van der Waals surface area contributed by atoms with Gasteiger partial charge in [0, 0.05) is 0 Å². The molecule has 0 fully saturated rings. The molecular weight excluding hydrogens is 158 g/mol. The molecule has 0 bridgehead atoms. The van der Waals surface area contributed by atoms with E-state index in [2.05, 4.69) is 4.52 Å². The highest BCUT2D eigenvalue weighted by Gasteiger charge is 2.09. The lowest BCUT2D eigenvalue weighted by atomic mass is 10.8. The SMILES string of the molecule is O=C(OP)C(Cl)Cl. The molecule has 0 aliphatic heterocycles. The fourth-order valence-corrected chi connectivity index (χ4v) is 0.463. The smallest absolute Gasteiger partial charge is 0.341 e. The molecule has 0 aromatic heterocycles. The normalized spacial score (nSPS) is 9.14. The monoisotopic (exact) mass is 160 g/mol. The summed E-state index contributed by atoms with van der Waals surface area (Å²) in [6, 6.07) is 0. The predicted octanol–water partition coefficient (Wildman–Crippen LogP) is 1.12. The van der Waals surface area contributed by atoms with Crippen LogP contribution < -0.4 is 0 Å². The van der Waals surface area contributed by atoms with Gasteiger partial charge in [0.05, 0.1) is 9.47 Å². The zero-order valence-electron chi connectivity index (χ0n) is 3.23. The number of hydrogen-bond acceptors (Lipinski definition) is 2. The molecule has 0 rings (SSSR count). The topological polar surface area (TPSA) is 26.3 Å². The van der Waals surface area contributed by atoms with Gasteiger partial charge in [-0.3, -0.25) is 0 Å². The Morgan fingerprint density at radius 2 is 2.14 bits per heavy atom. The lowest BCUT2D eigenvalue weighted by molar-refractivity contribution is -0.131. The highest BCUT2D eigenvalue weighted by Crippen LogP contribution is 2.05. The van der Waals surface area contributed by atoms with E-state index in [-0.39, 0.29) is 0 Å². The van der Waals surface area contributed by atoms with Crippen molar-refractivity contribution in [1.82, 2.24) is 0 Å². The van der Waals surface area contributed by atoms with E-state index in [0.717, 1.165) is 0 Å². The van der Waals surface area contributed by atoms with Gasteiger partial charge in [0.1, 0.15) is 0 Å². The number of carbonyl (C=O) groups is 1. The largest absolute Gasteiger partial charge is 0.450 e. The number of rotatable bonds is 1. The molecule has 0 saturated carbocycles. The highest BCUT2D eigenvalue weighted by atomic mass is 35.5. The first-order valence-electron chi connectivity index (χ1n) is 1.37. The van der Waals surface area contributed by atoms with Crippen LogP contribution in [0.1, 0.15) is 0 Å². The molecule has 0 spiro atoms. The maximum absolute atomic E-state index is 10.0. The van der Waals surface area contributed by atoms with Crippen LogP contribution >= 0.6 is 32.7 Å². The quantitative estimate of drug-likeness (QED) is 0.425. The molecule has 7 heavy (non-hydrogen) atoms. The maximum atomic E-state index is 10.0. The van der Waals surface area contributed by atoms with Crippen molar-refractivity contribution in [1.29, 1.82) is 0 Å². The van der Waals surface area contributed by atoms with Gasteiger partial charge in [-0.25, -0.2) is 4.79 Å². The minimum absolute atomic E-state index is 0.659. The second kappa shape index (κ2) is 3.48. The first-order valence-corrected chi connectivity index (χ1v) is 2.71. The van der Waals surface area contributed by atoms with Crippen LogP contribution in [0.5, 0.6) is 0 Å². The van der Waals surface area contributed by atoms with E-state index < -0.39 is 10.8 Å². The fraction of sp³-hybridized carbons (Fsp3) is 0.500. The Morgan fingerprint density at radius 1 is 1.71 bits per heavy atom. The van der Waals surface area contributed by atoms with Gasteiger partial charge in [0.15, 0.2) is 0 Å². The van der Waals surface area contributed by atoms with E-state index in [4.69, 9.17) is 23.2 Å². The van der Waals surface area contributed by atoms with E-state index in [1.807, 2.05) is 0 Å². The summed E-state index contributed by atoms with van der Waals surface area (Å²) < 4.78 is 4.03. The summed E-state index contributed by atoms with van der Waals surface area (Å²) >= 11 is 10.0. The Bertz CT molecular complexity index is 74.1. The van der Waals surface area contributed by atoms with Crippen LogP contribution in [0, 0.1) is 0 Å². The van der Waals surface area contributed by atoms with Crippen molar-refractivity contribution in [2.75, 3.05) is 0 Å². The Kier molecular flexibility index (Phi) is 3.72. The van der Waals surface area contributed by atoms with E-state index >= 15 is 0 Å². The Morgan fingerprint density at radius 3 is 2.14 bits per heavy atom. The van der Waals surface area contributed by atoms with Gasteiger partial charge in [0.25, 0.3) is 0 Å². The summed E-state index contributed by atoms with van der Waals surface area (Å²) in [5.41, 5.74) is 0. The van der Waals surface area contributed by atoms with Crippen LogP contribution in [-0.4, -0.2) is 10.8 Å². The van der Waals surface area contributed by atoms with Gasteiger partial charge in [-0.15, -0.1) is 0 Å². The first kappa shape index (κ1) is 7.48. The summed E-state index contributed by atoms with van der Waals surface area (Å²) in [5, 5.41) is 0. The minimum atomic E-state index is -1.07. The van der Waals surface area contributed by atoms with Crippen molar-refractivity contribution in [2.45, 2.75) is 4.84 Å². The lowest BCUT2D eigenvalue weighted by Gasteiger charge is -1.93. The number of carbonyl (C=O) groups excluding carboxylic acids is 1. The van der Waals surface area contributed by atoms with E-state index in [1.165, 1.54) is 0 Å². The average Bonchev–Trinajstić information content (AvgIpc) is 1.65. The Balaban J connectivity index is 3.35. The summed E-state index contributed by atoms with van der Waals surface area (Å²) in [6.07, 6.45) is 0. The van der Waals surface area contributed by atoms with Crippen LogP contribution in [0.2, 0.25) is 0 Å². The van der Waals surface area contributed by atoms with Crippen molar-refractivity contribution < 1.29 is 9.32 Å². The van der Waals surface area contributed by atoms with Gasteiger partial charge in [-0.05, 0) is 0 Å². The van der Waals surface area contributed by atoms with Crippen LogP contribution in [0.25, 0.3) is 0 Å². The highest BCUT2D eigenvalue weighted by molar-refractivity contribution is 7.11. The molecule has 0 aliphatic carbocycles. The van der Waals surface area contributed by atoms with Crippen molar-refractivity contribution in [3.8, 4) is 0 Å². The third-order valence-electron chi connectivity index (χ3n) is 0.294. The summed E-state index contributed by atoms with van der Waals surface area (Å²) in [7, 11) is 1.74. The summed E-state index contributed by atoms with van der Waals surface area (Å²) in [6.45, 7) is 0. The molecule has 1 atom stereocenters. The van der Waals surface area contributed by atoms with Gasteiger partial charge in [-0.1, -0.05) is 23.2 Å². The lowest BCUT2D eigenvalue weighted by Crippen LogP contribution is -2.05. The van der Waals surface area contributed by atoms with Crippen LogP contribution in [-0.2, 0) is 9.32 Å². The number of hydrogen-bond donors (Lipinski definition) is 0. The molecule has 5 heteroatoms. The first-order chi connectivity index (χ1) is 3.18. The van der Waals surface area contributed by atoms with Crippen LogP contribution in [0.3, 0.4) is 0 Å². The summed E-state index contributed by atoms with van der Waals surface area (Å²) in [5.74, 6) is -0.659. The van der Waals surface area contributed by atoms with E-state index in [1.54, 1.807) is 9.47 Å². The van der Waals surface area contributed by atoms with Gasteiger partial charge in [-0.2, -0.15) is 0 Å². The van der Waals surface area contributed by atoms with Gasteiger partial charge < -0.3 is 4.52 Å². The van der Waals surface area contributed by atoms with Gasteiger partial charge in [0.2, 0.25) is 4.84 Å². The standard InChI is InChI=1S/C2H3Cl2O2P/c3-1(4)2(5)6-7/h1H,7H2. The van der Waals surface area contributed by atoms with Crippen molar-refractivity contribution in [3.63, 3.8) is 0 Å². The van der Waals surface area contributed by atoms with Crippen molar-refractivity contribution in [3.05, 3.63) is 0 Å². The predicted molar refractivity (Wildman–Crippen MR) is 31.3 cm³/mol. The fourth-order valence-electron chi connectivity index (χ4n) is 0.0514. The minimum Gasteiger partial charge on any atom is -0.450 e. The molecule has 0 aromatic carbocycles. The second-order valence-corrected chi connectivity index (χ2v) is 2.07. The molecule has 42 valence electrons. The van der Waals surface area contributed by atoms with E-state index in [0.29, 0.717) is 0 Å². The summed E-state index contributed by atoms with van der Waals surface area (Å²) in [4.78, 5) is 8.93. The Hall–Kier alpha value is 0.480. The third kappa shape index (κ3) is 3.10. The van der Waals surface area contributed by atoms with E-state index in [9.17, 15) is 4.79 Å². The zero-order chi connectivity index (χ0) is 5.86. The molecule has 0 saturated heterocycles. The third-order valence-corrected chi connectivity index (χ3v) is 0.883. The van der Waals surface area contributed by atoms with Crippen LogP contribution in [0.15, 0.2) is 0 Å². The molecule has 2 nitrogen and oxygen atoms in total. The zero-order valence-corrected chi connectivity index (χ0v) is 5.89. The average molecular weight is 161 g/mol.